The van der Waals surface area contributed by atoms with E-state index in [2.05, 4.69) is 5.32 Å². The minimum absolute atomic E-state index is 0.103. The number of hydrogen-bond acceptors (Lipinski definition) is 7. The topological polar surface area (TPSA) is 94.8 Å². The van der Waals surface area contributed by atoms with Crippen LogP contribution in [0.4, 0.5) is 0 Å². The molecule has 0 spiro atoms. The number of nitrogens with one attached hydrogen (secondary N) is 1. The van der Waals surface area contributed by atoms with E-state index in [-0.39, 0.29) is 28.4 Å². The first kappa shape index (κ1) is 22.4. The molecule has 8 heteroatoms. The van der Waals surface area contributed by atoms with Gasteiger partial charge in [-0.3, -0.25) is 9.59 Å². The number of aryl methyl sites for hydroxylation is 1. The molecular weight excluding hydrogens is 418 g/mol. The summed E-state index contributed by atoms with van der Waals surface area (Å²) in [5, 5.41) is 2.91. The van der Waals surface area contributed by atoms with Crippen LogP contribution in [0.5, 0.6) is 17.2 Å². The number of carbonyl (C=O) groups excluding carboxylic acids is 2. The average molecular weight is 442 g/mol. The Hall–Kier alpha value is -3.26. The van der Waals surface area contributed by atoms with Gasteiger partial charge < -0.3 is 19.2 Å². The zero-order valence-corrected chi connectivity index (χ0v) is 18.3. The minimum Gasteiger partial charge on any atom is -0.457 e. The quantitative estimate of drug-likeness (QED) is 0.416. The van der Waals surface area contributed by atoms with Crippen LogP contribution in [0.25, 0.3) is 11.0 Å². The van der Waals surface area contributed by atoms with Crippen LogP contribution in [0.2, 0.25) is 0 Å². The highest BCUT2D eigenvalue weighted by molar-refractivity contribution is 7.98. The number of para-hydroxylation sites is 1. The summed E-state index contributed by atoms with van der Waals surface area (Å²) in [5.41, 5.74) is -0.0509. The molecular formula is C23H23NO6S. The van der Waals surface area contributed by atoms with Crippen LogP contribution in [-0.4, -0.2) is 29.9 Å². The molecule has 0 aliphatic rings. The molecule has 1 aromatic heterocycles. The summed E-state index contributed by atoms with van der Waals surface area (Å²) in [7, 11) is 0. The number of benzene rings is 2. The lowest BCUT2D eigenvalue weighted by atomic mass is 10.2. The Morgan fingerprint density at radius 2 is 1.87 bits per heavy atom. The van der Waals surface area contributed by atoms with Crippen molar-refractivity contribution >= 4 is 34.6 Å². The highest BCUT2D eigenvalue weighted by atomic mass is 32.2. The lowest BCUT2D eigenvalue weighted by molar-refractivity contribution is -0.139. The third-order valence-corrected chi connectivity index (χ3v) is 5.08. The van der Waals surface area contributed by atoms with Gasteiger partial charge in [-0.1, -0.05) is 18.2 Å². The van der Waals surface area contributed by atoms with Gasteiger partial charge in [0.25, 0.3) is 0 Å². The molecule has 0 radical (unpaired) electrons. The summed E-state index contributed by atoms with van der Waals surface area (Å²) < 4.78 is 16.9. The fourth-order valence-corrected chi connectivity index (χ4v) is 3.44. The summed E-state index contributed by atoms with van der Waals surface area (Å²) in [6.45, 7) is 2.98. The fourth-order valence-electron chi connectivity index (χ4n) is 2.97. The number of hydrogen-bond donors (Lipinski definition) is 1. The minimum atomic E-state index is -0.754. The Morgan fingerprint density at radius 3 is 2.55 bits per heavy atom. The smallest absolute Gasteiger partial charge is 0.334 e. The molecule has 3 aromatic rings. The molecule has 0 bridgehead atoms. The van der Waals surface area contributed by atoms with Crippen molar-refractivity contribution in [3.05, 3.63) is 64.5 Å². The van der Waals surface area contributed by atoms with Crippen molar-refractivity contribution in [1.29, 1.82) is 0 Å². The standard InChI is InChI=1S/C23H23NO6S/c1-14-22(29-16-7-5-4-6-8-16)21(26)18-10-9-17(13-20(18)28-14)30-23(27)19(11-12-31-3)24-15(2)25/h4-10,13,19H,11-12H2,1-3H3,(H,24,25). The maximum absolute atomic E-state index is 12.9. The molecule has 1 heterocycles. The van der Waals surface area contributed by atoms with Gasteiger partial charge in [0.2, 0.25) is 17.1 Å². The molecule has 0 aliphatic carbocycles. The van der Waals surface area contributed by atoms with E-state index in [1.165, 1.54) is 25.1 Å². The van der Waals surface area contributed by atoms with E-state index in [1.54, 1.807) is 43.0 Å². The highest BCUT2D eigenvalue weighted by Crippen LogP contribution is 2.27. The number of esters is 1. The van der Waals surface area contributed by atoms with Crippen molar-refractivity contribution in [3.63, 3.8) is 0 Å². The van der Waals surface area contributed by atoms with Crippen molar-refractivity contribution < 1.29 is 23.5 Å². The zero-order valence-electron chi connectivity index (χ0n) is 17.5. The van der Waals surface area contributed by atoms with E-state index in [0.717, 1.165) is 0 Å². The van der Waals surface area contributed by atoms with Crippen molar-refractivity contribution in [2.75, 3.05) is 12.0 Å². The van der Waals surface area contributed by atoms with E-state index in [9.17, 15) is 14.4 Å². The third kappa shape index (κ3) is 5.67. The van der Waals surface area contributed by atoms with E-state index in [1.807, 2.05) is 12.3 Å². The molecule has 0 saturated carbocycles. The Kier molecular flexibility index (Phi) is 7.36. The van der Waals surface area contributed by atoms with Crippen molar-refractivity contribution in [2.45, 2.75) is 26.3 Å². The Morgan fingerprint density at radius 1 is 1.13 bits per heavy atom. The second-order valence-electron chi connectivity index (χ2n) is 6.85. The van der Waals surface area contributed by atoms with Crippen LogP contribution in [0, 0.1) is 6.92 Å². The van der Waals surface area contributed by atoms with Crippen LogP contribution in [0.1, 0.15) is 19.1 Å². The molecule has 1 amide bonds. The van der Waals surface area contributed by atoms with E-state index in [4.69, 9.17) is 13.9 Å². The molecule has 162 valence electrons. The molecule has 7 nitrogen and oxygen atoms in total. The fraction of sp³-hybridized carbons (Fsp3) is 0.261. The second-order valence-corrected chi connectivity index (χ2v) is 7.83. The predicted molar refractivity (Wildman–Crippen MR) is 120 cm³/mol. The van der Waals surface area contributed by atoms with Crippen molar-refractivity contribution in [2.24, 2.45) is 0 Å². The molecule has 31 heavy (non-hydrogen) atoms. The molecule has 3 rings (SSSR count). The van der Waals surface area contributed by atoms with Gasteiger partial charge in [0.15, 0.2) is 0 Å². The molecule has 0 fully saturated rings. The van der Waals surface area contributed by atoms with Crippen LogP contribution < -0.4 is 20.2 Å². The summed E-state index contributed by atoms with van der Waals surface area (Å²) >= 11 is 1.57. The van der Waals surface area contributed by atoms with Gasteiger partial charge in [-0.2, -0.15) is 11.8 Å². The van der Waals surface area contributed by atoms with Crippen LogP contribution in [0.3, 0.4) is 0 Å². The average Bonchev–Trinajstić information content (AvgIpc) is 2.74. The first-order valence-corrected chi connectivity index (χ1v) is 11.1. The number of carbonyl (C=O) groups is 2. The summed E-state index contributed by atoms with van der Waals surface area (Å²) in [6.07, 6.45) is 2.36. The monoisotopic (exact) mass is 441 g/mol. The summed E-state index contributed by atoms with van der Waals surface area (Å²) in [4.78, 5) is 36.8. The predicted octanol–water partition coefficient (Wildman–Crippen LogP) is 4.06. The molecule has 1 unspecified atom stereocenters. The van der Waals surface area contributed by atoms with Crippen LogP contribution in [0.15, 0.2) is 57.7 Å². The SMILES string of the molecule is CSCCC(NC(C)=O)C(=O)Oc1ccc2c(=O)c(Oc3ccccc3)c(C)oc2c1. The number of ether oxygens (including phenoxy) is 2. The Bertz CT molecular complexity index is 1140. The number of thioether (sulfide) groups is 1. The highest BCUT2D eigenvalue weighted by Gasteiger charge is 2.22. The normalized spacial score (nSPS) is 11.7. The van der Waals surface area contributed by atoms with Gasteiger partial charge in [0.05, 0.1) is 5.39 Å². The molecule has 0 aliphatic heterocycles. The van der Waals surface area contributed by atoms with E-state index < -0.39 is 12.0 Å². The third-order valence-electron chi connectivity index (χ3n) is 4.44. The Balaban J connectivity index is 1.85. The molecule has 1 atom stereocenters. The van der Waals surface area contributed by atoms with E-state index in [0.29, 0.717) is 29.1 Å². The van der Waals surface area contributed by atoms with Gasteiger partial charge >= 0.3 is 5.97 Å². The maximum Gasteiger partial charge on any atom is 0.334 e. The molecule has 0 saturated heterocycles. The number of amides is 1. The van der Waals surface area contributed by atoms with Crippen LogP contribution >= 0.6 is 11.8 Å². The zero-order chi connectivity index (χ0) is 22.4. The van der Waals surface area contributed by atoms with Crippen LogP contribution in [-0.2, 0) is 9.59 Å². The maximum atomic E-state index is 12.9. The largest absolute Gasteiger partial charge is 0.457 e. The summed E-state index contributed by atoms with van der Waals surface area (Å²) in [6, 6.07) is 12.7. The second kappa shape index (κ2) is 10.2. The summed E-state index contributed by atoms with van der Waals surface area (Å²) in [5.74, 6) is 0.956. The van der Waals surface area contributed by atoms with Gasteiger partial charge in [0.1, 0.15) is 28.9 Å². The van der Waals surface area contributed by atoms with E-state index >= 15 is 0 Å². The first-order valence-electron chi connectivity index (χ1n) is 9.67. The van der Waals surface area contributed by atoms with Crippen molar-refractivity contribution in [1.82, 2.24) is 5.32 Å². The first-order chi connectivity index (χ1) is 14.9. The van der Waals surface area contributed by atoms with Gasteiger partial charge in [0, 0.05) is 13.0 Å². The van der Waals surface area contributed by atoms with Gasteiger partial charge in [-0.05, 0) is 49.6 Å². The molecule has 1 N–H and O–H groups in total. The number of fused-ring (bicyclic) bond motifs is 1. The van der Waals surface area contributed by atoms with Gasteiger partial charge in [-0.15, -0.1) is 0 Å². The number of rotatable bonds is 8. The molecule has 2 aromatic carbocycles. The lowest BCUT2D eigenvalue weighted by Gasteiger charge is -2.16. The van der Waals surface area contributed by atoms with Crippen molar-refractivity contribution in [3.8, 4) is 17.2 Å². The Labute approximate surface area is 183 Å². The van der Waals surface area contributed by atoms with Gasteiger partial charge in [-0.25, -0.2) is 4.79 Å². The lowest BCUT2D eigenvalue weighted by Crippen LogP contribution is -2.42.